The minimum atomic E-state index is 0.676. The lowest BCUT2D eigenvalue weighted by molar-refractivity contribution is 0.134. The van der Waals surface area contributed by atoms with Crippen molar-refractivity contribution in [1.29, 1.82) is 0 Å². The van der Waals surface area contributed by atoms with Gasteiger partial charge in [-0.25, -0.2) is 0 Å². The maximum atomic E-state index is 2.62. The highest BCUT2D eigenvalue weighted by Crippen LogP contribution is 2.19. The van der Waals surface area contributed by atoms with Crippen LogP contribution in [0.5, 0.6) is 0 Å². The van der Waals surface area contributed by atoms with Crippen molar-refractivity contribution in [3.8, 4) is 0 Å². The van der Waals surface area contributed by atoms with Crippen LogP contribution < -0.4 is 0 Å². The number of hydrogen-bond donors (Lipinski definition) is 0. The average molecular weight is 246 g/mol. The van der Waals surface area contributed by atoms with Crippen molar-refractivity contribution >= 4 is 0 Å². The Morgan fingerprint density at radius 3 is 2.22 bits per heavy atom. The van der Waals surface area contributed by atoms with Crippen LogP contribution in [0.4, 0.5) is 0 Å². The molecule has 2 nitrogen and oxygen atoms in total. The molecule has 1 atom stereocenters. The smallest absolute Gasteiger partial charge is 0.0110 e. The van der Waals surface area contributed by atoms with Crippen molar-refractivity contribution in [3.63, 3.8) is 0 Å². The standard InChI is InChI=1S/C16H26N2/c1-3-17-11-13-18(14-12-17)10-9-15(2)16-7-5-4-6-8-16/h4-8,15H,3,9-14H2,1-2H3. The summed E-state index contributed by atoms with van der Waals surface area (Å²) in [5.74, 6) is 0.676. The predicted molar refractivity (Wildman–Crippen MR) is 78.0 cm³/mol. The molecule has 18 heavy (non-hydrogen) atoms. The Labute approximate surface area is 112 Å². The molecule has 0 saturated carbocycles. The van der Waals surface area contributed by atoms with Gasteiger partial charge < -0.3 is 9.80 Å². The molecule has 0 aliphatic carbocycles. The fraction of sp³-hybridized carbons (Fsp3) is 0.625. The van der Waals surface area contributed by atoms with Crippen LogP contribution in [0.25, 0.3) is 0 Å². The normalized spacial score (nSPS) is 19.9. The van der Waals surface area contributed by atoms with Gasteiger partial charge >= 0.3 is 0 Å². The van der Waals surface area contributed by atoms with Gasteiger partial charge in [0, 0.05) is 26.2 Å². The first-order valence-corrected chi connectivity index (χ1v) is 7.29. The maximum absolute atomic E-state index is 2.62. The number of piperazine rings is 1. The number of hydrogen-bond acceptors (Lipinski definition) is 2. The van der Waals surface area contributed by atoms with Gasteiger partial charge in [0.2, 0.25) is 0 Å². The Bertz CT molecular complexity index is 328. The first-order chi connectivity index (χ1) is 8.79. The van der Waals surface area contributed by atoms with Crippen molar-refractivity contribution in [2.75, 3.05) is 39.3 Å². The summed E-state index contributed by atoms with van der Waals surface area (Å²) in [6.45, 7) is 12.0. The molecule has 0 spiro atoms. The summed E-state index contributed by atoms with van der Waals surface area (Å²) >= 11 is 0. The third-order valence-corrected chi connectivity index (χ3v) is 4.16. The Morgan fingerprint density at radius 2 is 1.61 bits per heavy atom. The average Bonchev–Trinajstić information content (AvgIpc) is 2.46. The van der Waals surface area contributed by atoms with Gasteiger partial charge in [0.15, 0.2) is 0 Å². The summed E-state index contributed by atoms with van der Waals surface area (Å²) in [5.41, 5.74) is 1.48. The molecular formula is C16H26N2. The van der Waals surface area contributed by atoms with E-state index >= 15 is 0 Å². The molecule has 1 aromatic carbocycles. The van der Waals surface area contributed by atoms with Gasteiger partial charge in [0.1, 0.15) is 0 Å². The highest BCUT2D eigenvalue weighted by molar-refractivity contribution is 5.18. The molecule has 0 N–H and O–H groups in total. The second kappa shape index (κ2) is 6.91. The van der Waals surface area contributed by atoms with E-state index in [9.17, 15) is 0 Å². The van der Waals surface area contributed by atoms with Crippen LogP contribution in [0.1, 0.15) is 31.7 Å². The quantitative estimate of drug-likeness (QED) is 0.788. The fourth-order valence-corrected chi connectivity index (χ4v) is 2.65. The van der Waals surface area contributed by atoms with Crippen molar-refractivity contribution in [2.45, 2.75) is 26.2 Å². The maximum Gasteiger partial charge on any atom is 0.0110 e. The lowest BCUT2D eigenvalue weighted by Gasteiger charge is -2.34. The van der Waals surface area contributed by atoms with E-state index in [1.807, 2.05) is 0 Å². The van der Waals surface area contributed by atoms with E-state index in [1.54, 1.807) is 0 Å². The van der Waals surface area contributed by atoms with E-state index < -0.39 is 0 Å². The molecule has 1 aliphatic rings. The van der Waals surface area contributed by atoms with E-state index in [2.05, 4.69) is 54.0 Å². The van der Waals surface area contributed by atoms with Crippen LogP contribution in [-0.2, 0) is 0 Å². The Balaban J connectivity index is 1.72. The molecule has 1 aromatic rings. The summed E-state index contributed by atoms with van der Waals surface area (Å²) in [5, 5.41) is 0. The molecule has 0 aromatic heterocycles. The van der Waals surface area contributed by atoms with Crippen LogP contribution in [-0.4, -0.2) is 49.1 Å². The summed E-state index contributed by atoms with van der Waals surface area (Å²) in [7, 11) is 0. The molecule has 1 unspecified atom stereocenters. The first kappa shape index (κ1) is 13.6. The highest BCUT2D eigenvalue weighted by atomic mass is 15.3. The van der Waals surface area contributed by atoms with Crippen LogP contribution in [0.2, 0.25) is 0 Å². The zero-order chi connectivity index (χ0) is 12.8. The number of rotatable bonds is 5. The zero-order valence-electron chi connectivity index (χ0n) is 11.8. The van der Waals surface area contributed by atoms with Gasteiger partial charge in [0.05, 0.1) is 0 Å². The van der Waals surface area contributed by atoms with Crippen LogP contribution in [0.3, 0.4) is 0 Å². The SMILES string of the molecule is CCN1CCN(CCC(C)c2ccccc2)CC1. The van der Waals surface area contributed by atoms with E-state index in [0.29, 0.717) is 5.92 Å². The molecular weight excluding hydrogens is 220 g/mol. The summed E-state index contributed by atoms with van der Waals surface area (Å²) in [6, 6.07) is 10.9. The topological polar surface area (TPSA) is 6.48 Å². The lowest BCUT2D eigenvalue weighted by Crippen LogP contribution is -2.46. The van der Waals surface area contributed by atoms with E-state index in [4.69, 9.17) is 0 Å². The van der Waals surface area contributed by atoms with Gasteiger partial charge in [-0.15, -0.1) is 0 Å². The van der Waals surface area contributed by atoms with Crippen molar-refractivity contribution in [3.05, 3.63) is 35.9 Å². The minimum Gasteiger partial charge on any atom is -0.301 e. The molecule has 2 rings (SSSR count). The summed E-state index contributed by atoms with van der Waals surface area (Å²) < 4.78 is 0. The van der Waals surface area contributed by atoms with Crippen molar-refractivity contribution in [1.82, 2.24) is 9.80 Å². The van der Waals surface area contributed by atoms with E-state index in [0.717, 1.165) is 0 Å². The molecule has 2 heteroatoms. The number of likely N-dealkylation sites (N-methyl/N-ethyl adjacent to an activating group) is 1. The Morgan fingerprint density at radius 1 is 1.00 bits per heavy atom. The largest absolute Gasteiger partial charge is 0.301 e. The van der Waals surface area contributed by atoms with Crippen LogP contribution in [0, 0.1) is 0 Å². The minimum absolute atomic E-state index is 0.676. The molecule has 0 bridgehead atoms. The van der Waals surface area contributed by atoms with Crippen LogP contribution >= 0.6 is 0 Å². The van der Waals surface area contributed by atoms with Crippen molar-refractivity contribution < 1.29 is 0 Å². The summed E-state index contributed by atoms with van der Waals surface area (Å²) in [6.07, 6.45) is 1.27. The van der Waals surface area contributed by atoms with Gasteiger partial charge in [-0.1, -0.05) is 44.2 Å². The lowest BCUT2D eigenvalue weighted by atomic mass is 9.97. The van der Waals surface area contributed by atoms with Gasteiger partial charge in [-0.3, -0.25) is 0 Å². The van der Waals surface area contributed by atoms with E-state index in [1.165, 1.54) is 51.3 Å². The fourth-order valence-electron chi connectivity index (χ4n) is 2.65. The van der Waals surface area contributed by atoms with Gasteiger partial charge in [-0.2, -0.15) is 0 Å². The molecule has 1 saturated heterocycles. The van der Waals surface area contributed by atoms with Gasteiger partial charge in [-0.05, 0) is 31.0 Å². The number of benzene rings is 1. The van der Waals surface area contributed by atoms with Crippen LogP contribution in [0.15, 0.2) is 30.3 Å². The monoisotopic (exact) mass is 246 g/mol. The summed E-state index contributed by atoms with van der Waals surface area (Å²) in [4.78, 5) is 5.16. The molecule has 1 fully saturated rings. The third-order valence-electron chi connectivity index (χ3n) is 4.16. The highest BCUT2D eigenvalue weighted by Gasteiger charge is 2.16. The molecule has 0 radical (unpaired) electrons. The molecule has 0 amide bonds. The second-order valence-corrected chi connectivity index (χ2v) is 5.38. The Hall–Kier alpha value is -0.860. The number of nitrogens with zero attached hydrogens (tertiary/aromatic N) is 2. The second-order valence-electron chi connectivity index (χ2n) is 5.38. The molecule has 1 heterocycles. The predicted octanol–water partition coefficient (Wildman–Crippen LogP) is 2.82. The molecule has 100 valence electrons. The molecule has 1 aliphatic heterocycles. The first-order valence-electron chi connectivity index (χ1n) is 7.29. The Kier molecular flexibility index (Phi) is 5.21. The third kappa shape index (κ3) is 3.82. The van der Waals surface area contributed by atoms with E-state index in [-0.39, 0.29) is 0 Å². The zero-order valence-corrected chi connectivity index (χ0v) is 11.8. The van der Waals surface area contributed by atoms with Gasteiger partial charge in [0.25, 0.3) is 0 Å². The van der Waals surface area contributed by atoms with Crippen molar-refractivity contribution in [2.24, 2.45) is 0 Å².